The summed E-state index contributed by atoms with van der Waals surface area (Å²) in [6.45, 7) is 0.627. The van der Waals surface area contributed by atoms with Gasteiger partial charge in [0.05, 0.1) is 16.6 Å². The molecule has 0 bridgehead atoms. The zero-order valence-corrected chi connectivity index (χ0v) is 22.1. The van der Waals surface area contributed by atoms with Crippen LogP contribution in [0, 0.1) is 5.82 Å². The molecule has 2 heterocycles. The highest BCUT2D eigenvalue weighted by molar-refractivity contribution is 7.92. The number of aryl methyl sites for hydroxylation is 1. The zero-order chi connectivity index (χ0) is 28.8. The monoisotopic (exact) mass is 570 g/mol. The molecule has 1 aliphatic heterocycles. The zero-order valence-electron chi connectivity index (χ0n) is 21.2. The molecule has 0 fully saturated rings. The maximum Gasteiger partial charge on any atom is 0.421 e. The van der Waals surface area contributed by atoms with E-state index in [2.05, 4.69) is 10.2 Å². The average Bonchev–Trinajstić information content (AvgIpc) is 3.29. The van der Waals surface area contributed by atoms with E-state index in [0.717, 1.165) is 40.7 Å². The number of nitrogens with zero attached hydrogens (tertiary/aromatic N) is 4. The lowest BCUT2D eigenvalue weighted by Gasteiger charge is -2.38. The average molecular weight is 571 g/mol. The Morgan fingerprint density at radius 2 is 1.77 bits per heavy atom. The van der Waals surface area contributed by atoms with Crippen LogP contribution in [0.3, 0.4) is 0 Å². The van der Waals surface area contributed by atoms with Gasteiger partial charge in [0.15, 0.2) is 5.60 Å². The van der Waals surface area contributed by atoms with E-state index in [-0.39, 0.29) is 59.5 Å². The minimum atomic E-state index is -4.96. The minimum absolute atomic E-state index is 0.0480. The molecule has 0 spiro atoms. The number of aromatic nitrogens is 2. The number of amides is 1. The second kappa shape index (κ2) is 10.2. The molecule has 3 aromatic rings. The molecule has 1 N–H and O–H groups in total. The lowest BCUT2D eigenvalue weighted by Crippen LogP contribution is -2.45. The number of hydrogen-bond acceptors (Lipinski definition) is 7. The van der Waals surface area contributed by atoms with E-state index in [1.54, 1.807) is 14.1 Å². The van der Waals surface area contributed by atoms with Crippen molar-refractivity contribution >= 4 is 21.6 Å². The van der Waals surface area contributed by atoms with Crippen molar-refractivity contribution in [2.45, 2.75) is 55.3 Å². The number of anilines is 1. The molecular weight excluding hydrogens is 544 g/mol. The number of benzene rings is 2. The van der Waals surface area contributed by atoms with E-state index in [1.165, 1.54) is 11.0 Å². The van der Waals surface area contributed by atoms with Crippen LogP contribution in [0.25, 0.3) is 0 Å². The second-order valence-electron chi connectivity index (χ2n) is 9.62. The van der Waals surface area contributed by atoms with Crippen LogP contribution >= 0.6 is 0 Å². The van der Waals surface area contributed by atoms with Crippen LogP contribution in [0.5, 0.6) is 0 Å². The highest BCUT2D eigenvalue weighted by atomic mass is 32.2. The summed E-state index contributed by atoms with van der Waals surface area (Å²) in [6.07, 6.45) is -4.79. The topological polar surface area (TPSA) is 117 Å². The van der Waals surface area contributed by atoms with Crippen molar-refractivity contribution in [3.05, 3.63) is 71.2 Å². The largest absolute Gasteiger partial charge is 0.425 e. The van der Waals surface area contributed by atoms with Crippen LogP contribution in [0.4, 0.5) is 23.2 Å². The fourth-order valence-electron chi connectivity index (χ4n) is 4.27. The fourth-order valence-corrected chi connectivity index (χ4v) is 5.98. The highest BCUT2D eigenvalue weighted by Crippen LogP contribution is 2.42. The molecule has 210 valence electrons. The Bertz CT molecular complexity index is 1470. The van der Waals surface area contributed by atoms with Gasteiger partial charge in [-0.3, -0.25) is 9.10 Å². The lowest BCUT2D eigenvalue weighted by atomic mass is 9.89. The Labute approximate surface area is 222 Å². The third-order valence-corrected chi connectivity index (χ3v) is 8.48. The summed E-state index contributed by atoms with van der Waals surface area (Å²) in [5.74, 6) is -0.801. The van der Waals surface area contributed by atoms with Gasteiger partial charge in [0.2, 0.25) is 17.7 Å². The van der Waals surface area contributed by atoms with Gasteiger partial charge >= 0.3 is 6.18 Å². The summed E-state index contributed by atoms with van der Waals surface area (Å²) in [5, 5.41) is 17.9. The number of carbonyl (C=O) groups is 1. The Balaban J connectivity index is 1.74. The van der Waals surface area contributed by atoms with Crippen LogP contribution in [0.1, 0.15) is 36.3 Å². The Hall–Kier alpha value is -3.52. The normalized spacial score (nSPS) is 17.4. The van der Waals surface area contributed by atoms with Gasteiger partial charge < -0.3 is 14.4 Å². The van der Waals surface area contributed by atoms with Crippen molar-refractivity contribution in [1.82, 2.24) is 15.1 Å². The van der Waals surface area contributed by atoms with Crippen LogP contribution < -0.4 is 4.31 Å². The standard InChI is InChI=1S/C25H26F4N4O5S/c1-24(35,25(27,28)29)16-5-11-20-15(12-16)4-8-18(13-21-30-31-22(38-21)14-23(34)32(2)3)33(20)39(36,37)19-9-6-17(26)7-10-19/h5-7,9-12,18,35H,4,8,13-14H2,1-3H3/t18-,24?/m0/s1. The highest BCUT2D eigenvalue weighted by Gasteiger charge is 2.51. The van der Waals surface area contributed by atoms with E-state index >= 15 is 0 Å². The fraction of sp³-hybridized carbons (Fsp3) is 0.400. The number of halogens is 4. The molecule has 9 nitrogen and oxygen atoms in total. The lowest BCUT2D eigenvalue weighted by molar-refractivity contribution is -0.258. The summed E-state index contributed by atoms with van der Waals surface area (Å²) in [4.78, 5) is 13.1. The first kappa shape index (κ1) is 28.5. The quantitative estimate of drug-likeness (QED) is 0.433. The van der Waals surface area contributed by atoms with Gasteiger partial charge in [-0.15, -0.1) is 10.2 Å². The minimum Gasteiger partial charge on any atom is -0.425 e. The number of rotatable bonds is 7. The van der Waals surface area contributed by atoms with Gasteiger partial charge in [-0.25, -0.2) is 12.8 Å². The molecule has 1 aromatic heterocycles. The number of sulfonamides is 1. The SMILES string of the molecule is CN(C)C(=O)Cc1nnc(C[C@@H]2CCc3cc(C(C)(O)C(F)(F)F)ccc3N2S(=O)(=O)c2ccc(F)cc2)o1. The predicted octanol–water partition coefficient (Wildman–Crippen LogP) is 3.36. The summed E-state index contributed by atoms with van der Waals surface area (Å²) >= 11 is 0. The number of fused-ring (bicyclic) bond motifs is 1. The predicted molar refractivity (Wildman–Crippen MR) is 131 cm³/mol. The Morgan fingerprint density at radius 1 is 1.13 bits per heavy atom. The molecular formula is C25H26F4N4O5S. The molecule has 0 saturated heterocycles. The molecule has 2 atom stereocenters. The van der Waals surface area contributed by atoms with Gasteiger partial charge in [0.1, 0.15) is 12.2 Å². The Kier molecular flexibility index (Phi) is 7.47. The maximum atomic E-state index is 13.8. The number of aliphatic hydroxyl groups is 1. The molecule has 1 unspecified atom stereocenters. The number of likely N-dealkylation sites (N-methyl/N-ethyl adjacent to an activating group) is 1. The summed E-state index contributed by atoms with van der Waals surface area (Å²) in [7, 11) is -1.20. The third-order valence-electron chi connectivity index (χ3n) is 6.60. The van der Waals surface area contributed by atoms with Crippen molar-refractivity contribution < 1.29 is 40.3 Å². The van der Waals surface area contributed by atoms with Crippen molar-refractivity contribution in [2.75, 3.05) is 18.4 Å². The molecule has 14 heteroatoms. The van der Waals surface area contributed by atoms with E-state index in [9.17, 15) is 35.9 Å². The first-order chi connectivity index (χ1) is 18.1. The third kappa shape index (κ3) is 5.62. The van der Waals surface area contributed by atoms with Crippen molar-refractivity contribution in [3.8, 4) is 0 Å². The van der Waals surface area contributed by atoms with Crippen LogP contribution in [0.15, 0.2) is 51.8 Å². The molecule has 0 radical (unpaired) electrons. The van der Waals surface area contributed by atoms with Gasteiger partial charge in [-0.05, 0) is 61.2 Å². The van der Waals surface area contributed by atoms with Crippen molar-refractivity contribution in [1.29, 1.82) is 0 Å². The molecule has 4 rings (SSSR count). The summed E-state index contributed by atoms with van der Waals surface area (Å²) < 4.78 is 88.1. The molecule has 0 aliphatic carbocycles. The van der Waals surface area contributed by atoms with Crippen LogP contribution in [-0.4, -0.2) is 60.8 Å². The van der Waals surface area contributed by atoms with E-state index in [1.807, 2.05) is 0 Å². The molecule has 39 heavy (non-hydrogen) atoms. The summed E-state index contributed by atoms with van der Waals surface area (Å²) in [6, 6.07) is 6.76. The van der Waals surface area contributed by atoms with Crippen molar-refractivity contribution in [3.63, 3.8) is 0 Å². The number of carbonyl (C=O) groups excluding carboxylic acids is 1. The van der Waals surface area contributed by atoms with E-state index in [0.29, 0.717) is 6.92 Å². The maximum absolute atomic E-state index is 13.8. The van der Waals surface area contributed by atoms with Gasteiger partial charge in [0.25, 0.3) is 10.0 Å². The van der Waals surface area contributed by atoms with Gasteiger partial charge in [-0.2, -0.15) is 13.2 Å². The van der Waals surface area contributed by atoms with Crippen molar-refractivity contribution in [2.24, 2.45) is 0 Å². The second-order valence-corrected chi connectivity index (χ2v) is 11.4. The molecule has 0 saturated carbocycles. The smallest absolute Gasteiger partial charge is 0.421 e. The number of alkyl halides is 3. The van der Waals surface area contributed by atoms with Crippen LogP contribution in [-0.2, 0) is 39.7 Å². The molecule has 2 aromatic carbocycles. The summed E-state index contributed by atoms with van der Waals surface area (Å²) in [5.41, 5.74) is -3.19. The molecule has 1 aliphatic rings. The first-order valence-corrected chi connectivity index (χ1v) is 13.3. The first-order valence-electron chi connectivity index (χ1n) is 11.8. The van der Waals surface area contributed by atoms with Gasteiger partial charge in [0, 0.05) is 20.5 Å². The van der Waals surface area contributed by atoms with E-state index in [4.69, 9.17) is 4.42 Å². The van der Waals surface area contributed by atoms with E-state index < -0.39 is 39.2 Å². The number of hydrogen-bond donors (Lipinski definition) is 1. The van der Waals surface area contributed by atoms with Crippen LogP contribution in [0.2, 0.25) is 0 Å². The Morgan fingerprint density at radius 3 is 2.38 bits per heavy atom. The molecule has 1 amide bonds. The van der Waals surface area contributed by atoms with Gasteiger partial charge in [-0.1, -0.05) is 12.1 Å².